The lowest BCUT2D eigenvalue weighted by Gasteiger charge is -2.13. The minimum Gasteiger partial charge on any atom is -0.481 e. The number of rotatable bonds is 38. The summed E-state index contributed by atoms with van der Waals surface area (Å²) in [5.41, 5.74) is 0. The molecule has 0 radical (unpaired) electrons. The third-order valence-corrected chi connectivity index (χ3v) is 9.57. The van der Waals surface area contributed by atoms with Gasteiger partial charge < -0.3 is 9.84 Å². The van der Waals surface area contributed by atoms with Crippen molar-refractivity contribution in [3.05, 3.63) is 0 Å². The minimum atomic E-state index is -0.659. The van der Waals surface area contributed by atoms with Crippen molar-refractivity contribution in [1.82, 2.24) is 0 Å². The SMILES string of the molecule is CCCCCCCCCCCCCCCCC(=O)OC(C)CCCCCCCCCCCCCCCCCCCCCC(=O)O. The van der Waals surface area contributed by atoms with Gasteiger partial charge in [0.1, 0.15) is 0 Å². The molecule has 4 heteroatoms. The predicted octanol–water partition coefficient (Wildman–Crippen LogP) is 14.1. The summed E-state index contributed by atoms with van der Waals surface area (Å²) in [6.45, 7) is 4.35. The zero-order valence-electron chi connectivity index (χ0n) is 30.7. The van der Waals surface area contributed by atoms with Gasteiger partial charge in [-0.2, -0.15) is 0 Å². The first kappa shape index (κ1) is 43.9. The quantitative estimate of drug-likeness (QED) is 0.0541. The highest BCUT2D eigenvalue weighted by atomic mass is 16.5. The Morgan fingerprint density at radius 1 is 0.422 bits per heavy atom. The summed E-state index contributed by atoms with van der Waals surface area (Å²) in [7, 11) is 0. The Hall–Kier alpha value is -1.06. The van der Waals surface area contributed by atoms with Crippen molar-refractivity contribution in [3.8, 4) is 0 Å². The first-order valence-corrected chi connectivity index (χ1v) is 20.5. The van der Waals surface area contributed by atoms with Crippen molar-refractivity contribution < 1.29 is 19.4 Å². The molecule has 0 fully saturated rings. The van der Waals surface area contributed by atoms with Crippen LogP contribution in [0.2, 0.25) is 0 Å². The summed E-state index contributed by atoms with van der Waals surface area (Å²) in [5, 5.41) is 8.65. The van der Waals surface area contributed by atoms with Crippen LogP contribution in [-0.2, 0) is 14.3 Å². The Bertz CT molecular complexity index is 604. The number of aliphatic carboxylic acids is 1. The fourth-order valence-corrected chi connectivity index (χ4v) is 6.52. The molecule has 0 heterocycles. The Kier molecular flexibility index (Phi) is 36.5. The second-order valence-corrected chi connectivity index (χ2v) is 14.3. The third-order valence-electron chi connectivity index (χ3n) is 9.57. The number of hydrogen-bond donors (Lipinski definition) is 1. The van der Waals surface area contributed by atoms with Crippen LogP contribution >= 0.6 is 0 Å². The van der Waals surface area contributed by atoms with Crippen molar-refractivity contribution in [1.29, 1.82) is 0 Å². The molecule has 0 rings (SSSR count). The number of esters is 1. The molecule has 268 valence electrons. The van der Waals surface area contributed by atoms with Gasteiger partial charge in [0.25, 0.3) is 0 Å². The Labute approximate surface area is 282 Å². The van der Waals surface area contributed by atoms with E-state index in [0.717, 1.165) is 25.7 Å². The van der Waals surface area contributed by atoms with Gasteiger partial charge in [-0.15, -0.1) is 0 Å². The molecule has 0 aromatic carbocycles. The first-order chi connectivity index (χ1) is 22.1. The van der Waals surface area contributed by atoms with Crippen LogP contribution in [0.5, 0.6) is 0 Å². The van der Waals surface area contributed by atoms with Crippen molar-refractivity contribution in [3.63, 3.8) is 0 Å². The fraction of sp³-hybridized carbons (Fsp3) is 0.951. The summed E-state index contributed by atoms with van der Waals surface area (Å²) in [5.74, 6) is -0.645. The highest BCUT2D eigenvalue weighted by Crippen LogP contribution is 2.17. The van der Waals surface area contributed by atoms with E-state index in [1.165, 1.54) is 193 Å². The van der Waals surface area contributed by atoms with Gasteiger partial charge >= 0.3 is 11.9 Å². The van der Waals surface area contributed by atoms with Crippen molar-refractivity contribution in [2.24, 2.45) is 0 Å². The molecule has 1 unspecified atom stereocenters. The van der Waals surface area contributed by atoms with E-state index in [-0.39, 0.29) is 12.1 Å². The Morgan fingerprint density at radius 2 is 0.689 bits per heavy atom. The monoisotopic (exact) mass is 637 g/mol. The van der Waals surface area contributed by atoms with E-state index in [1.807, 2.05) is 0 Å². The molecule has 0 amide bonds. The molecule has 0 saturated carbocycles. The molecular weight excluding hydrogens is 556 g/mol. The van der Waals surface area contributed by atoms with E-state index in [2.05, 4.69) is 13.8 Å². The molecule has 0 aromatic heterocycles. The lowest BCUT2D eigenvalue weighted by Crippen LogP contribution is -2.14. The van der Waals surface area contributed by atoms with E-state index in [1.54, 1.807) is 0 Å². The summed E-state index contributed by atoms with van der Waals surface area (Å²) in [6.07, 6.45) is 45.5. The maximum atomic E-state index is 12.2. The number of carbonyl (C=O) groups excluding carboxylic acids is 1. The van der Waals surface area contributed by atoms with Gasteiger partial charge in [0.05, 0.1) is 6.10 Å². The molecule has 0 spiro atoms. The van der Waals surface area contributed by atoms with Crippen LogP contribution in [0, 0.1) is 0 Å². The maximum Gasteiger partial charge on any atom is 0.306 e. The third kappa shape index (κ3) is 39.0. The van der Waals surface area contributed by atoms with Gasteiger partial charge in [-0.25, -0.2) is 0 Å². The number of carboxylic acid groups (broad SMARTS) is 1. The van der Waals surface area contributed by atoms with E-state index in [0.29, 0.717) is 12.8 Å². The summed E-state index contributed by atoms with van der Waals surface area (Å²) < 4.78 is 5.66. The molecule has 0 saturated heterocycles. The number of carbonyl (C=O) groups is 2. The topological polar surface area (TPSA) is 63.6 Å². The molecule has 0 aliphatic heterocycles. The van der Waals surface area contributed by atoms with Gasteiger partial charge in [0.2, 0.25) is 0 Å². The summed E-state index contributed by atoms with van der Waals surface area (Å²) in [4.78, 5) is 22.7. The number of ether oxygens (including phenoxy) is 1. The zero-order chi connectivity index (χ0) is 32.9. The average molecular weight is 637 g/mol. The van der Waals surface area contributed by atoms with Gasteiger partial charge in [-0.05, 0) is 32.6 Å². The second kappa shape index (κ2) is 37.4. The van der Waals surface area contributed by atoms with E-state index in [9.17, 15) is 9.59 Å². The largest absolute Gasteiger partial charge is 0.481 e. The fourth-order valence-electron chi connectivity index (χ4n) is 6.52. The van der Waals surface area contributed by atoms with E-state index < -0.39 is 5.97 Å². The number of carboxylic acids is 1. The normalized spacial score (nSPS) is 12.0. The predicted molar refractivity (Wildman–Crippen MR) is 195 cm³/mol. The van der Waals surface area contributed by atoms with Crippen LogP contribution < -0.4 is 0 Å². The summed E-state index contributed by atoms with van der Waals surface area (Å²) >= 11 is 0. The van der Waals surface area contributed by atoms with Crippen LogP contribution in [0.15, 0.2) is 0 Å². The van der Waals surface area contributed by atoms with Crippen LogP contribution in [0.25, 0.3) is 0 Å². The van der Waals surface area contributed by atoms with Gasteiger partial charge in [0, 0.05) is 12.8 Å². The lowest BCUT2D eigenvalue weighted by atomic mass is 10.0. The minimum absolute atomic E-state index is 0.0136. The smallest absolute Gasteiger partial charge is 0.306 e. The molecule has 4 nitrogen and oxygen atoms in total. The molecule has 1 atom stereocenters. The average Bonchev–Trinajstić information content (AvgIpc) is 3.01. The lowest BCUT2D eigenvalue weighted by molar-refractivity contribution is -0.148. The van der Waals surface area contributed by atoms with Crippen molar-refractivity contribution >= 4 is 11.9 Å². The van der Waals surface area contributed by atoms with Crippen LogP contribution in [0.1, 0.15) is 245 Å². The van der Waals surface area contributed by atoms with Crippen LogP contribution in [0.3, 0.4) is 0 Å². The van der Waals surface area contributed by atoms with Crippen molar-refractivity contribution in [2.75, 3.05) is 0 Å². The highest BCUT2D eigenvalue weighted by Gasteiger charge is 2.09. The van der Waals surface area contributed by atoms with Crippen LogP contribution in [-0.4, -0.2) is 23.1 Å². The molecular formula is C41H80O4. The molecule has 45 heavy (non-hydrogen) atoms. The van der Waals surface area contributed by atoms with Gasteiger partial charge in [0.15, 0.2) is 0 Å². The van der Waals surface area contributed by atoms with Gasteiger partial charge in [-0.1, -0.05) is 200 Å². The highest BCUT2D eigenvalue weighted by molar-refractivity contribution is 5.69. The van der Waals surface area contributed by atoms with Crippen LogP contribution in [0.4, 0.5) is 0 Å². The van der Waals surface area contributed by atoms with E-state index >= 15 is 0 Å². The van der Waals surface area contributed by atoms with E-state index in [4.69, 9.17) is 9.84 Å². The molecule has 0 aliphatic rings. The van der Waals surface area contributed by atoms with Gasteiger partial charge in [-0.3, -0.25) is 9.59 Å². The maximum absolute atomic E-state index is 12.2. The first-order valence-electron chi connectivity index (χ1n) is 20.5. The molecule has 1 N–H and O–H groups in total. The number of hydrogen-bond acceptors (Lipinski definition) is 3. The summed E-state index contributed by atoms with van der Waals surface area (Å²) in [6, 6.07) is 0. The number of unbranched alkanes of at least 4 members (excludes halogenated alkanes) is 31. The molecule has 0 aromatic rings. The molecule has 0 aliphatic carbocycles. The zero-order valence-corrected chi connectivity index (χ0v) is 30.7. The Morgan fingerprint density at radius 3 is 1.00 bits per heavy atom. The van der Waals surface area contributed by atoms with Crippen molar-refractivity contribution in [2.45, 2.75) is 251 Å². The molecule has 0 bridgehead atoms. The standard InChI is InChI=1S/C41H80O4/c1-3-4-5-6-7-8-9-10-20-23-26-29-32-35-38-41(44)45-39(2)36-33-30-27-24-21-18-16-14-12-11-13-15-17-19-22-25-28-31-34-37-40(42)43/h39H,3-38H2,1-2H3,(H,42,43). The second-order valence-electron chi connectivity index (χ2n) is 14.3. The Balaban J connectivity index is 3.25.